The smallest absolute Gasteiger partial charge is 0.351 e. The second-order valence-corrected chi connectivity index (χ2v) is 10.4. The predicted octanol–water partition coefficient (Wildman–Crippen LogP) is 4.86. The minimum atomic E-state index is -4.50. The van der Waals surface area contributed by atoms with Crippen molar-refractivity contribution < 1.29 is 27.6 Å². The highest BCUT2D eigenvalue weighted by atomic mass is 19.4. The maximum atomic E-state index is 14.1. The number of aliphatic imine (C=N–C) groups is 1. The number of rotatable bonds is 4. The lowest BCUT2D eigenvalue weighted by Gasteiger charge is -2.40. The molecule has 206 valence electrons. The van der Waals surface area contributed by atoms with Gasteiger partial charge in [0.05, 0.1) is 22.6 Å². The molecular formula is C29H31F3N4O3. The van der Waals surface area contributed by atoms with Gasteiger partial charge in [0.15, 0.2) is 6.04 Å². The Morgan fingerprint density at radius 2 is 1.56 bits per heavy atom. The van der Waals surface area contributed by atoms with Gasteiger partial charge in [0.2, 0.25) is 17.7 Å². The van der Waals surface area contributed by atoms with Crippen molar-refractivity contribution in [1.29, 1.82) is 0 Å². The van der Waals surface area contributed by atoms with E-state index in [1.165, 1.54) is 24.0 Å². The van der Waals surface area contributed by atoms with Crippen LogP contribution in [0.25, 0.3) is 0 Å². The van der Waals surface area contributed by atoms with Crippen LogP contribution >= 0.6 is 0 Å². The first-order valence-corrected chi connectivity index (χ1v) is 13.4. The van der Waals surface area contributed by atoms with Crippen molar-refractivity contribution in [2.75, 3.05) is 18.0 Å². The molecule has 1 aliphatic carbocycles. The van der Waals surface area contributed by atoms with E-state index in [0.717, 1.165) is 37.8 Å². The van der Waals surface area contributed by atoms with Gasteiger partial charge in [-0.2, -0.15) is 13.2 Å². The number of amides is 3. The van der Waals surface area contributed by atoms with Crippen molar-refractivity contribution in [2.24, 2.45) is 10.9 Å². The summed E-state index contributed by atoms with van der Waals surface area (Å²) in [6, 6.07) is 10.4. The second-order valence-electron chi connectivity index (χ2n) is 10.4. The van der Waals surface area contributed by atoms with Crippen LogP contribution in [0.3, 0.4) is 0 Å². The van der Waals surface area contributed by atoms with Crippen LogP contribution in [-0.2, 0) is 20.6 Å². The van der Waals surface area contributed by atoms with Crippen molar-refractivity contribution in [2.45, 2.75) is 63.7 Å². The molecule has 0 aromatic heterocycles. The quantitative estimate of drug-likeness (QED) is 0.602. The Kier molecular flexibility index (Phi) is 7.46. The minimum Gasteiger partial charge on any atom is -0.351 e. The maximum absolute atomic E-state index is 14.1. The van der Waals surface area contributed by atoms with E-state index in [1.807, 2.05) is 0 Å². The van der Waals surface area contributed by atoms with Gasteiger partial charge in [-0.05, 0) is 55.5 Å². The van der Waals surface area contributed by atoms with Crippen molar-refractivity contribution in [1.82, 2.24) is 10.2 Å². The summed E-state index contributed by atoms with van der Waals surface area (Å²) < 4.78 is 39.8. The van der Waals surface area contributed by atoms with Crippen LogP contribution in [0.15, 0.2) is 53.5 Å². The van der Waals surface area contributed by atoms with Gasteiger partial charge >= 0.3 is 6.18 Å². The average Bonchev–Trinajstić information content (AvgIpc) is 3.44. The van der Waals surface area contributed by atoms with E-state index in [-0.39, 0.29) is 23.6 Å². The Bertz CT molecular complexity index is 1280. The van der Waals surface area contributed by atoms with Crippen LogP contribution in [0.2, 0.25) is 0 Å². The first kappa shape index (κ1) is 26.9. The number of nitrogens with zero attached hydrogens (tertiary/aromatic N) is 3. The number of anilines is 1. The fourth-order valence-corrected chi connectivity index (χ4v) is 5.74. The van der Waals surface area contributed by atoms with Gasteiger partial charge in [-0.25, -0.2) is 4.99 Å². The molecule has 3 amide bonds. The molecule has 3 aliphatic rings. The van der Waals surface area contributed by atoms with Gasteiger partial charge in [0.25, 0.3) is 0 Å². The molecule has 2 aliphatic heterocycles. The van der Waals surface area contributed by atoms with Gasteiger partial charge in [-0.3, -0.25) is 19.3 Å². The van der Waals surface area contributed by atoms with E-state index in [4.69, 9.17) is 4.99 Å². The molecule has 2 fully saturated rings. The van der Waals surface area contributed by atoms with Crippen molar-refractivity contribution in [3.63, 3.8) is 0 Å². The molecule has 1 unspecified atom stereocenters. The van der Waals surface area contributed by atoms with E-state index in [1.54, 1.807) is 29.2 Å². The monoisotopic (exact) mass is 540 g/mol. The molecule has 2 aromatic rings. The molecule has 2 heterocycles. The number of hydrogen-bond acceptors (Lipinski definition) is 4. The topological polar surface area (TPSA) is 82.1 Å². The molecule has 0 spiro atoms. The van der Waals surface area contributed by atoms with Crippen LogP contribution in [0.4, 0.5) is 24.5 Å². The third-order valence-electron chi connectivity index (χ3n) is 7.88. The molecule has 39 heavy (non-hydrogen) atoms. The average molecular weight is 541 g/mol. The van der Waals surface area contributed by atoms with E-state index >= 15 is 0 Å². The molecule has 7 nitrogen and oxygen atoms in total. The van der Waals surface area contributed by atoms with E-state index in [9.17, 15) is 27.6 Å². The number of nitrogens with one attached hydrogen (secondary N) is 1. The van der Waals surface area contributed by atoms with Gasteiger partial charge in [0, 0.05) is 32.0 Å². The summed E-state index contributed by atoms with van der Waals surface area (Å²) >= 11 is 0. The lowest BCUT2D eigenvalue weighted by molar-refractivity contribution is -0.137. The second kappa shape index (κ2) is 10.8. The van der Waals surface area contributed by atoms with Gasteiger partial charge in [-0.15, -0.1) is 0 Å². The number of alkyl halides is 3. The number of carbonyl (C=O) groups excluding carboxylic acids is 3. The summed E-state index contributed by atoms with van der Waals surface area (Å²) in [6.07, 6.45) is 0.0704. The molecule has 1 saturated carbocycles. The normalized spacial score (nSPS) is 20.4. The van der Waals surface area contributed by atoms with Crippen LogP contribution in [-0.4, -0.2) is 53.5 Å². The standard InChI is InChI=1S/C29H31F3N4O3/c1-18(37)35-16-14-20(15-17-35)28(39)36-24-9-5-4-8-23(24)34-25(19-10-12-21(13-11-19)29(30,31)32)26(36)27(38)33-22-6-2-3-7-22/h4-5,8-13,20,22,26H,2-3,6-7,14-17H2,1H3,(H,33,38). The summed E-state index contributed by atoms with van der Waals surface area (Å²) in [6.45, 7) is 2.39. The lowest BCUT2D eigenvalue weighted by atomic mass is 9.91. The molecule has 2 aromatic carbocycles. The zero-order chi connectivity index (χ0) is 27.7. The minimum absolute atomic E-state index is 0.0284. The Labute approximate surface area is 225 Å². The molecule has 1 N–H and O–H groups in total. The van der Waals surface area contributed by atoms with Gasteiger partial charge < -0.3 is 10.2 Å². The largest absolute Gasteiger partial charge is 0.416 e. The number of carbonyl (C=O) groups is 3. The summed E-state index contributed by atoms with van der Waals surface area (Å²) in [5.74, 6) is -1.11. The number of halogens is 3. The first-order chi connectivity index (χ1) is 18.6. The Balaban J connectivity index is 1.55. The molecule has 10 heteroatoms. The number of piperidine rings is 1. The summed E-state index contributed by atoms with van der Waals surface area (Å²) in [5, 5.41) is 3.08. The lowest BCUT2D eigenvalue weighted by Crippen LogP contribution is -2.58. The van der Waals surface area contributed by atoms with Gasteiger partial charge in [0.1, 0.15) is 0 Å². The number of para-hydroxylation sites is 2. The maximum Gasteiger partial charge on any atom is 0.416 e. The molecule has 1 atom stereocenters. The van der Waals surface area contributed by atoms with Crippen molar-refractivity contribution in [3.8, 4) is 0 Å². The third kappa shape index (κ3) is 5.55. The summed E-state index contributed by atoms with van der Waals surface area (Å²) in [4.78, 5) is 47.8. The van der Waals surface area contributed by atoms with E-state index < -0.39 is 29.6 Å². The fourth-order valence-electron chi connectivity index (χ4n) is 5.74. The first-order valence-electron chi connectivity index (χ1n) is 13.4. The molecule has 0 bridgehead atoms. The highest BCUT2D eigenvalue weighted by Gasteiger charge is 2.43. The van der Waals surface area contributed by atoms with Crippen LogP contribution in [0.5, 0.6) is 0 Å². The fraction of sp³-hybridized carbons (Fsp3) is 0.448. The highest BCUT2D eigenvalue weighted by molar-refractivity contribution is 6.25. The molecule has 5 rings (SSSR count). The zero-order valence-electron chi connectivity index (χ0n) is 21.7. The summed E-state index contributed by atoms with van der Waals surface area (Å²) in [5.41, 5.74) is 0.714. The number of hydrogen-bond donors (Lipinski definition) is 1. The molecular weight excluding hydrogens is 509 g/mol. The third-order valence-corrected chi connectivity index (χ3v) is 7.88. The predicted molar refractivity (Wildman–Crippen MR) is 141 cm³/mol. The Morgan fingerprint density at radius 1 is 0.923 bits per heavy atom. The van der Waals surface area contributed by atoms with Crippen molar-refractivity contribution >= 4 is 34.8 Å². The van der Waals surface area contributed by atoms with E-state index in [0.29, 0.717) is 42.9 Å². The van der Waals surface area contributed by atoms with Crippen LogP contribution in [0.1, 0.15) is 56.6 Å². The molecule has 0 radical (unpaired) electrons. The van der Waals surface area contributed by atoms with Crippen molar-refractivity contribution in [3.05, 3.63) is 59.7 Å². The zero-order valence-corrected chi connectivity index (χ0v) is 21.7. The number of likely N-dealkylation sites (tertiary alicyclic amines) is 1. The Hall–Kier alpha value is -3.69. The van der Waals surface area contributed by atoms with Gasteiger partial charge in [-0.1, -0.05) is 37.1 Å². The van der Waals surface area contributed by atoms with Crippen LogP contribution < -0.4 is 10.2 Å². The van der Waals surface area contributed by atoms with E-state index in [2.05, 4.69) is 5.32 Å². The Morgan fingerprint density at radius 3 is 2.18 bits per heavy atom. The van der Waals surface area contributed by atoms with Crippen LogP contribution in [0, 0.1) is 5.92 Å². The number of fused-ring (bicyclic) bond motifs is 1. The SMILES string of the molecule is CC(=O)N1CCC(C(=O)N2c3ccccc3N=C(c3ccc(C(F)(F)F)cc3)C2C(=O)NC2CCCC2)CC1. The highest BCUT2D eigenvalue weighted by Crippen LogP contribution is 2.39. The molecule has 1 saturated heterocycles. The number of benzene rings is 2. The summed E-state index contributed by atoms with van der Waals surface area (Å²) in [7, 11) is 0.